The van der Waals surface area contributed by atoms with Gasteiger partial charge in [0.05, 0.1) is 19.3 Å². The molecule has 0 bridgehead atoms. The largest absolute Gasteiger partial charge is 0.390 e. The third kappa shape index (κ3) is 1.60. The summed E-state index contributed by atoms with van der Waals surface area (Å²) < 4.78 is 6.34. The smallest absolute Gasteiger partial charge is 0.0889 e. The Bertz CT molecular complexity index is 340. The second-order valence-corrected chi connectivity index (χ2v) is 4.87. The minimum absolute atomic E-state index is 0.260. The zero-order valence-electron chi connectivity index (χ0n) is 8.03. The summed E-state index contributed by atoms with van der Waals surface area (Å²) in [5, 5.41) is 9.85. The van der Waals surface area contributed by atoms with Crippen molar-refractivity contribution in [1.29, 1.82) is 0 Å². The summed E-state index contributed by atoms with van der Waals surface area (Å²) in [4.78, 5) is 0. The van der Waals surface area contributed by atoms with Crippen LogP contribution in [0.2, 0.25) is 0 Å². The fourth-order valence-corrected chi connectivity index (χ4v) is 2.18. The molecule has 1 N–H and O–H groups in total. The van der Waals surface area contributed by atoms with E-state index < -0.39 is 6.10 Å². The van der Waals surface area contributed by atoms with Gasteiger partial charge in [-0.3, -0.25) is 0 Å². The van der Waals surface area contributed by atoms with Crippen molar-refractivity contribution in [2.45, 2.75) is 18.4 Å². The Hall–Kier alpha value is -0.380. The average molecular weight is 257 g/mol. The first-order chi connectivity index (χ1) is 6.63. The lowest BCUT2D eigenvalue weighted by molar-refractivity contribution is 0.113. The minimum Gasteiger partial charge on any atom is -0.390 e. The van der Waals surface area contributed by atoms with E-state index >= 15 is 0 Å². The summed E-state index contributed by atoms with van der Waals surface area (Å²) in [6.07, 6.45) is -0.406. The normalized spacial score (nSPS) is 32.1. The van der Waals surface area contributed by atoms with Crippen molar-refractivity contribution in [3.05, 3.63) is 34.3 Å². The second-order valence-electron chi connectivity index (χ2n) is 3.96. The van der Waals surface area contributed by atoms with Crippen LogP contribution in [0.1, 0.15) is 12.5 Å². The molecule has 0 aromatic heterocycles. The first-order valence-electron chi connectivity index (χ1n) is 4.65. The molecule has 1 aromatic rings. The molecule has 2 atom stereocenters. The van der Waals surface area contributed by atoms with Gasteiger partial charge in [-0.2, -0.15) is 0 Å². The molecule has 0 unspecified atom stereocenters. The molecular weight excluding hydrogens is 244 g/mol. The van der Waals surface area contributed by atoms with Gasteiger partial charge in [0.15, 0.2) is 0 Å². The molecule has 14 heavy (non-hydrogen) atoms. The van der Waals surface area contributed by atoms with E-state index in [1.54, 1.807) is 0 Å². The SMILES string of the molecule is C[C@]1(c2cccc(Br)c2)COC[C@H]1O. The van der Waals surface area contributed by atoms with Crippen molar-refractivity contribution in [1.82, 2.24) is 0 Å². The Labute approximate surface area is 92.0 Å². The van der Waals surface area contributed by atoms with Crippen LogP contribution in [0.5, 0.6) is 0 Å². The zero-order valence-corrected chi connectivity index (χ0v) is 9.62. The summed E-state index contributed by atoms with van der Waals surface area (Å²) >= 11 is 3.43. The Balaban J connectivity index is 2.38. The van der Waals surface area contributed by atoms with Crippen molar-refractivity contribution in [2.24, 2.45) is 0 Å². The number of aliphatic hydroxyl groups is 1. The number of hydrogen-bond acceptors (Lipinski definition) is 2. The summed E-state index contributed by atoms with van der Waals surface area (Å²) in [6.45, 7) is 3.06. The summed E-state index contributed by atoms with van der Waals surface area (Å²) in [7, 11) is 0. The highest BCUT2D eigenvalue weighted by Crippen LogP contribution is 2.33. The molecule has 0 saturated carbocycles. The van der Waals surface area contributed by atoms with Crippen molar-refractivity contribution < 1.29 is 9.84 Å². The summed E-state index contributed by atoms with van der Waals surface area (Å²) in [5.74, 6) is 0. The van der Waals surface area contributed by atoms with Gasteiger partial charge in [-0.25, -0.2) is 0 Å². The number of halogens is 1. The maximum Gasteiger partial charge on any atom is 0.0889 e. The Morgan fingerprint density at radius 2 is 2.36 bits per heavy atom. The van der Waals surface area contributed by atoms with Gasteiger partial charge in [-0.15, -0.1) is 0 Å². The molecule has 0 radical (unpaired) electrons. The van der Waals surface area contributed by atoms with Crippen molar-refractivity contribution >= 4 is 15.9 Å². The molecular formula is C11H13BrO2. The van der Waals surface area contributed by atoms with E-state index in [0.29, 0.717) is 13.2 Å². The number of ether oxygens (including phenoxy) is 1. The number of rotatable bonds is 1. The Morgan fingerprint density at radius 3 is 2.93 bits per heavy atom. The van der Waals surface area contributed by atoms with E-state index in [0.717, 1.165) is 10.0 Å². The summed E-state index contributed by atoms with van der Waals surface area (Å²) in [5.41, 5.74) is 0.862. The fourth-order valence-electron chi connectivity index (χ4n) is 1.78. The predicted molar refractivity (Wildman–Crippen MR) is 58.3 cm³/mol. The van der Waals surface area contributed by atoms with Crippen LogP contribution in [0, 0.1) is 0 Å². The van der Waals surface area contributed by atoms with Gasteiger partial charge in [-0.1, -0.05) is 35.0 Å². The van der Waals surface area contributed by atoms with Gasteiger partial charge in [0.25, 0.3) is 0 Å². The standard InChI is InChI=1S/C11H13BrO2/c1-11(7-14-6-10(11)13)8-3-2-4-9(12)5-8/h2-5,10,13H,6-7H2,1H3/t10-,11-/m1/s1. The quantitative estimate of drug-likeness (QED) is 0.834. The number of benzene rings is 1. The molecule has 0 aliphatic carbocycles. The van der Waals surface area contributed by atoms with Gasteiger partial charge in [0, 0.05) is 9.89 Å². The highest BCUT2D eigenvalue weighted by molar-refractivity contribution is 9.10. The monoisotopic (exact) mass is 256 g/mol. The fraction of sp³-hybridized carbons (Fsp3) is 0.455. The lowest BCUT2D eigenvalue weighted by Crippen LogP contribution is -2.35. The molecule has 1 fully saturated rings. The van der Waals surface area contributed by atoms with Crippen LogP contribution in [-0.4, -0.2) is 24.4 Å². The first kappa shape index (κ1) is 10.1. The van der Waals surface area contributed by atoms with Gasteiger partial charge >= 0.3 is 0 Å². The average Bonchev–Trinajstić information content (AvgIpc) is 2.49. The lowest BCUT2D eigenvalue weighted by atomic mass is 9.80. The molecule has 2 nitrogen and oxygen atoms in total. The molecule has 2 rings (SSSR count). The number of aliphatic hydroxyl groups excluding tert-OH is 1. The van der Waals surface area contributed by atoms with Gasteiger partial charge < -0.3 is 9.84 Å². The van der Waals surface area contributed by atoms with Crippen molar-refractivity contribution in [3.8, 4) is 0 Å². The molecule has 3 heteroatoms. The molecule has 0 spiro atoms. The van der Waals surface area contributed by atoms with Gasteiger partial charge in [0.1, 0.15) is 0 Å². The molecule has 0 amide bonds. The molecule has 76 valence electrons. The molecule has 1 aromatic carbocycles. The molecule has 1 saturated heterocycles. The molecule has 1 aliphatic rings. The molecule has 1 aliphatic heterocycles. The maximum atomic E-state index is 9.85. The van der Waals surface area contributed by atoms with Crippen LogP contribution in [0.15, 0.2) is 28.7 Å². The second kappa shape index (κ2) is 3.65. The van der Waals surface area contributed by atoms with E-state index in [1.165, 1.54) is 0 Å². The van der Waals surface area contributed by atoms with Crippen LogP contribution in [-0.2, 0) is 10.2 Å². The minimum atomic E-state index is -0.406. The van der Waals surface area contributed by atoms with E-state index in [9.17, 15) is 5.11 Å². The van der Waals surface area contributed by atoms with E-state index in [-0.39, 0.29) is 5.41 Å². The number of hydrogen-bond donors (Lipinski definition) is 1. The van der Waals surface area contributed by atoms with Crippen LogP contribution in [0.4, 0.5) is 0 Å². The third-order valence-corrected chi connectivity index (χ3v) is 3.39. The molecule has 1 heterocycles. The van der Waals surface area contributed by atoms with E-state index in [4.69, 9.17) is 4.74 Å². The van der Waals surface area contributed by atoms with Crippen LogP contribution in [0.25, 0.3) is 0 Å². The predicted octanol–water partition coefficient (Wildman–Crippen LogP) is 2.10. The zero-order chi connectivity index (χ0) is 10.2. The Morgan fingerprint density at radius 1 is 1.57 bits per heavy atom. The van der Waals surface area contributed by atoms with E-state index in [2.05, 4.69) is 15.9 Å². The lowest BCUT2D eigenvalue weighted by Gasteiger charge is -2.26. The highest BCUT2D eigenvalue weighted by Gasteiger charge is 2.40. The third-order valence-electron chi connectivity index (χ3n) is 2.90. The van der Waals surface area contributed by atoms with Crippen molar-refractivity contribution in [3.63, 3.8) is 0 Å². The van der Waals surface area contributed by atoms with Crippen LogP contribution >= 0.6 is 15.9 Å². The summed E-state index contributed by atoms with van der Waals surface area (Å²) in [6, 6.07) is 8.03. The van der Waals surface area contributed by atoms with Gasteiger partial charge in [0.2, 0.25) is 0 Å². The first-order valence-corrected chi connectivity index (χ1v) is 5.44. The van der Waals surface area contributed by atoms with Crippen LogP contribution in [0.3, 0.4) is 0 Å². The maximum absolute atomic E-state index is 9.85. The highest BCUT2D eigenvalue weighted by atomic mass is 79.9. The van der Waals surface area contributed by atoms with Crippen molar-refractivity contribution in [2.75, 3.05) is 13.2 Å². The van der Waals surface area contributed by atoms with E-state index in [1.807, 2.05) is 31.2 Å². The topological polar surface area (TPSA) is 29.5 Å². The van der Waals surface area contributed by atoms with Crippen LogP contribution < -0.4 is 0 Å². The Kier molecular flexibility index (Phi) is 2.64. The van der Waals surface area contributed by atoms with Gasteiger partial charge in [-0.05, 0) is 17.7 Å².